The minimum atomic E-state index is 0.0180. The molecule has 1 aromatic carbocycles. The molecule has 0 aliphatic carbocycles. The molecule has 2 N–H and O–H groups in total. The number of carbonyl (C=O) groups excluding carboxylic acids is 1. The van der Waals surface area contributed by atoms with Gasteiger partial charge in [-0.25, -0.2) is 0 Å². The van der Waals surface area contributed by atoms with Crippen molar-refractivity contribution in [1.29, 1.82) is 0 Å². The zero-order valence-corrected chi connectivity index (χ0v) is 14.0. The van der Waals surface area contributed by atoms with Crippen molar-refractivity contribution < 1.29 is 9.53 Å². The first-order valence-electron chi connectivity index (χ1n) is 7.52. The number of ether oxygens (including phenoxy) is 1. The summed E-state index contributed by atoms with van der Waals surface area (Å²) >= 11 is 3.41. The van der Waals surface area contributed by atoms with Crippen molar-refractivity contribution in [2.75, 3.05) is 19.7 Å². The summed E-state index contributed by atoms with van der Waals surface area (Å²) in [7, 11) is 0. The van der Waals surface area contributed by atoms with Crippen LogP contribution in [0.4, 0.5) is 0 Å². The van der Waals surface area contributed by atoms with Crippen LogP contribution in [0, 0.1) is 0 Å². The zero-order valence-electron chi connectivity index (χ0n) is 12.4. The van der Waals surface area contributed by atoms with Crippen molar-refractivity contribution in [1.82, 2.24) is 10.6 Å². The predicted octanol–water partition coefficient (Wildman–Crippen LogP) is 2.79. The number of benzene rings is 1. The molecule has 2 rings (SSSR count). The molecule has 1 heterocycles. The third-order valence-electron chi connectivity index (χ3n) is 3.72. The van der Waals surface area contributed by atoms with E-state index in [4.69, 9.17) is 4.74 Å². The summed E-state index contributed by atoms with van der Waals surface area (Å²) in [6.45, 7) is 4.52. The number of rotatable bonds is 6. The Morgan fingerprint density at radius 2 is 2.05 bits per heavy atom. The predicted molar refractivity (Wildman–Crippen MR) is 87.2 cm³/mol. The smallest absolute Gasteiger partial charge is 0.222 e. The molecular formula is C16H23BrN2O2. The Labute approximate surface area is 134 Å². The van der Waals surface area contributed by atoms with Crippen molar-refractivity contribution in [2.45, 2.75) is 38.3 Å². The van der Waals surface area contributed by atoms with E-state index in [2.05, 4.69) is 26.6 Å². The van der Waals surface area contributed by atoms with Crippen LogP contribution in [0.15, 0.2) is 28.7 Å². The molecule has 1 saturated heterocycles. The highest BCUT2D eigenvalue weighted by molar-refractivity contribution is 9.10. The van der Waals surface area contributed by atoms with Gasteiger partial charge >= 0.3 is 0 Å². The van der Waals surface area contributed by atoms with Crippen LogP contribution in [0.2, 0.25) is 0 Å². The average molecular weight is 355 g/mol. The third-order valence-corrected chi connectivity index (χ3v) is 4.25. The monoisotopic (exact) mass is 354 g/mol. The zero-order chi connectivity index (χ0) is 15.1. The summed E-state index contributed by atoms with van der Waals surface area (Å²) in [6.07, 6.45) is 2.81. The van der Waals surface area contributed by atoms with Gasteiger partial charge in [0.2, 0.25) is 5.91 Å². The van der Waals surface area contributed by atoms with E-state index in [1.54, 1.807) is 0 Å². The van der Waals surface area contributed by atoms with Gasteiger partial charge in [0, 0.05) is 10.9 Å². The summed E-state index contributed by atoms with van der Waals surface area (Å²) in [6, 6.07) is 8.02. The van der Waals surface area contributed by atoms with Gasteiger partial charge in [-0.2, -0.15) is 0 Å². The lowest BCUT2D eigenvalue weighted by Gasteiger charge is -2.23. The summed E-state index contributed by atoms with van der Waals surface area (Å²) in [5.41, 5.74) is 1.10. The Morgan fingerprint density at radius 1 is 1.38 bits per heavy atom. The molecule has 116 valence electrons. The minimum absolute atomic E-state index is 0.0180. The van der Waals surface area contributed by atoms with Gasteiger partial charge in [0.15, 0.2) is 0 Å². The molecule has 0 unspecified atom stereocenters. The first-order chi connectivity index (χ1) is 10.1. The highest BCUT2D eigenvalue weighted by atomic mass is 79.9. The van der Waals surface area contributed by atoms with Crippen LogP contribution in [0.5, 0.6) is 0 Å². The normalized spacial score (nSPS) is 17.4. The molecular weight excluding hydrogens is 332 g/mol. The molecule has 0 bridgehead atoms. The largest absolute Gasteiger partial charge is 0.378 e. The third kappa shape index (κ3) is 5.77. The molecule has 1 aliphatic heterocycles. The van der Waals surface area contributed by atoms with Gasteiger partial charge in [-0.05, 0) is 50.6 Å². The van der Waals surface area contributed by atoms with E-state index in [1.807, 2.05) is 31.2 Å². The average Bonchev–Trinajstić information content (AvgIpc) is 2.49. The molecule has 1 amide bonds. The molecule has 21 heavy (non-hydrogen) atoms. The van der Waals surface area contributed by atoms with Crippen LogP contribution < -0.4 is 10.6 Å². The van der Waals surface area contributed by atoms with E-state index < -0.39 is 0 Å². The first kappa shape index (κ1) is 16.5. The maximum atomic E-state index is 11.9. The second-order valence-corrected chi connectivity index (χ2v) is 6.33. The van der Waals surface area contributed by atoms with Crippen molar-refractivity contribution in [3.8, 4) is 0 Å². The number of hydrogen-bond acceptors (Lipinski definition) is 3. The summed E-state index contributed by atoms with van der Waals surface area (Å²) in [4.78, 5) is 11.9. The fourth-order valence-corrected chi connectivity index (χ4v) is 2.69. The summed E-state index contributed by atoms with van der Waals surface area (Å²) in [5.74, 6) is 0.0411. The molecule has 1 aromatic rings. The number of piperidine rings is 1. The molecule has 0 saturated carbocycles. The highest BCUT2D eigenvalue weighted by Gasteiger charge is 2.14. The van der Waals surface area contributed by atoms with Gasteiger partial charge in [0.1, 0.15) is 0 Å². The van der Waals surface area contributed by atoms with E-state index in [-0.39, 0.29) is 11.9 Å². The summed E-state index contributed by atoms with van der Waals surface area (Å²) in [5, 5.41) is 6.31. The number of carbonyl (C=O) groups is 1. The van der Waals surface area contributed by atoms with Crippen LogP contribution in [-0.2, 0) is 9.53 Å². The van der Waals surface area contributed by atoms with E-state index in [1.165, 1.54) is 0 Å². The molecule has 1 aliphatic rings. The highest BCUT2D eigenvalue weighted by Crippen LogP contribution is 2.16. The Hall–Kier alpha value is -0.910. The van der Waals surface area contributed by atoms with Crippen molar-refractivity contribution in [3.63, 3.8) is 0 Å². The second kappa shape index (κ2) is 8.51. The second-order valence-electron chi connectivity index (χ2n) is 5.41. The van der Waals surface area contributed by atoms with Gasteiger partial charge in [-0.3, -0.25) is 4.79 Å². The number of amides is 1. The lowest BCUT2D eigenvalue weighted by atomic mass is 10.1. The molecule has 0 radical (unpaired) electrons. The van der Waals surface area contributed by atoms with Crippen molar-refractivity contribution >= 4 is 21.8 Å². The molecule has 4 nitrogen and oxygen atoms in total. The molecule has 0 aromatic heterocycles. The van der Waals surface area contributed by atoms with E-state index in [0.717, 1.165) is 36.0 Å². The maximum absolute atomic E-state index is 11.9. The standard InChI is InChI=1S/C16H23BrN2O2/c1-12(13-2-4-14(17)5-3-13)19-16(20)8-11-21-15-6-9-18-10-7-15/h2-5,12,15,18H,6-11H2,1H3,(H,19,20)/t12-/m0/s1. The van der Waals surface area contributed by atoms with Crippen molar-refractivity contribution in [3.05, 3.63) is 34.3 Å². The van der Waals surface area contributed by atoms with Crippen LogP contribution in [-0.4, -0.2) is 31.7 Å². The topological polar surface area (TPSA) is 50.4 Å². The Bertz CT molecular complexity index is 444. The Balaban J connectivity index is 1.67. The molecule has 0 spiro atoms. The van der Waals surface area contributed by atoms with Gasteiger partial charge in [0.25, 0.3) is 0 Å². The van der Waals surface area contributed by atoms with E-state index >= 15 is 0 Å². The summed E-state index contributed by atoms with van der Waals surface area (Å²) < 4.78 is 6.79. The van der Waals surface area contributed by atoms with Gasteiger partial charge in [-0.15, -0.1) is 0 Å². The van der Waals surface area contributed by atoms with E-state index in [0.29, 0.717) is 19.1 Å². The number of nitrogens with one attached hydrogen (secondary N) is 2. The molecule has 1 fully saturated rings. The molecule has 1 atom stereocenters. The minimum Gasteiger partial charge on any atom is -0.378 e. The van der Waals surface area contributed by atoms with E-state index in [9.17, 15) is 4.79 Å². The fourth-order valence-electron chi connectivity index (χ4n) is 2.43. The number of halogens is 1. The Kier molecular flexibility index (Phi) is 6.67. The van der Waals surface area contributed by atoms with Crippen LogP contribution in [0.1, 0.15) is 37.8 Å². The lowest BCUT2D eigenvalue weighted by molar-refractivity contribution is -0.123. The first-order valence-corrected chi connectivity index (χ1v) is 8.31. The maximum Gasteiger partial charge on any atom is 0.222 e. The van der Waals surface area contributed by atoms with Gasteiger partial charge < -0.3 is 15.4 Å². The number of hydrogen-bond donors (Lipinski definition) is 2. The van der Waals surface area contributed by atoms with Crippen LogP contribution in [0.3, 0.4) is 0 Å². The fraction of sp³-hybridized carbons (Fsp3) is 0.562. The molecule has 5 heteroatoms. The van der Waals surface area contributed by atoms with Crippen LogP contribution >= 0.6 is 15.9 Å². The lowest BCUT2D eigenvalue weighted by Crippen LogP contribution is -2.33. The van der Waals surface area contributed by atoms with Crippen LogP contribution in [0.25, 0.3) is 0 Å². The quantitative estimate of drug-likeness (QED) is 0.825. The SMILES string of the molecule is C[C@H](NC(=O)CCOC1CCNCC1)c1ccc(Br)cc1. The van der Waals surface area contributed by atoms with Gasteiger partial charge in [0.05, 0.1) is 18.8 Å². The Morgan fingerprint density at radius 3 is 2.71 bits per heavy atom. The van der Waals surface area contributed by atoms with Crippen molar-refractivity contribution in [2.24, 2.45) is 0 Å². The van der Waals surface area contributed by atoms with Gasteiger partial charge in [-0.1, -0.05) is 28.1 Å².